The van der Waals surface area contributed by atoms with Gasteiger partial charge in [0.2, 0.25) is 5.91 Å². The average Bonchev–Trinajstić information content (AvgIpc) is 2.23. The molecule has 4 nitrogen and oxygen atoms in total. The minimum absolute atomic E-state index is 0.0345. The third-order valence-corrected chi connectivity index (χ3v) is 4.45. The Morgan fingerprint density at radius 1 is 1.67 bits per heavy atom. The largest absolute Gasteiger partial charge is 0.298 e. The van der Waals surface area contributed by atoms with Crippen LogP contribution in [0.15, 0.2) is 0 Å². The van der Waals surface area contributed by atoms with Crippen LogP contribution in [0.4, 0.5) is 0 Å². The third kappa shape index (κ3) is 3.36. The van der Waals surface area contributed by atoms with Crippen molar-refractivity contribution in [3.8, 4) is 0 Å². The normalized spacial score (nSPS) is 29.9. The van der Waals surface area contributed by atoms with E-state index in [1.807, 2.05) is 18.7 Å². The van der Waals surface area contributed by atoms with E-state index in [1.54, 1.807) is 0 Å². The van der Waals surface area contributed by atoms with Crippen LogP contribution in [-0.2, 0) is 4.79 Å². The van der Waals surface area contributed by atoms with Crippen LogP contribution < -0.4 is 11.3 Å². The van der Waals surface area contributed by atoms with Crippen molar-refractivity contribution in [3.05, 3.63) is 0 Å². The van der Waals surface area contributed by atoms with Crippen LogP contribution in [-0.4, -0.2) is 40.9 Å². The fourth-order valence-electron chi connectivity index (χ4n) is 1.83. The van der Waals surface area contributed by atoms with Gasteiger partial charge in [0.25, 0.3) is 0 Å². The number of nitrogens with zero attached hydrogens (tertiary/aromatic N) is 1. The fourth-order valence-corrected chi connectivity index (χ4v) is 2.99. The summed E-state index contributed by atoms with van der Waals surface area (Å²) < 4.78 is 0. The second-order valence-corrected chi connectivity index (χ2v) is 5.71. The summed E-state index contributed by atoms with van der Waals surface area (Å²) in [6.45, 7) is 8.26. The van der Waals surface area contributed by atoms with E-state index in [0.717, 1.165) is 18.8 Å². The van der Waals surface area contributed by atoms with Crippen molar-refractivity contribution < 1.29 is 4.79 Å². The molecule has 0 saturated carbocycles. The molecular weight excluding hydrogens is 210 g/mol. The number of rotatable bonds is 3. The maximum absolute atomic E-state index is 11.3. The van der Waals surface area contributed by atoms with Crippen molar-refractivity contribution in [1.82, 2.24) is 10.3 Å². The number of carbonyl (C=O) groups excluding carboxylic acids is 1. The Bertz CT molecular complexity index is 225. The monoisotopic (exact) mass is 231 g/mol. The first-order valence-corrected chi connectivity index (χ1v) is 6.47. The van der Waals surface area contributed by atoms with Crippen LogP contribution in [0, 0.1) is 5.92 Å². The summed E-state index contributed by atoms with van der Waals surface area (Å²) in [5.41, 5.74) is 2.21. The molecule has 1 saturated heterocycles. The van der Waals surface area contributed by atoms with Crippen LogP contribution in [0.2, 0.25) is 0 Å². The predicted octanol–water partition coefficient (Wildman–Crippen LogP) is 0.438. The highest BCUT2D eigenvalue weighted by Gasteiger charge is 2.27. The second kappa shape index (κ2) is 5.72. The molecule has 0 spiro atoms. The molecule has 0 aromatic heterocycles. The molecule has 0 radical (unpaired) electrons. The van der Waals surface area contributed by atoms with Crippen molar-refractivity contribution in [3.63, 3.8) is 0 Å². The molecule has 15 heavy (non-hydrogen) atoms. The van der Waals surface area contributed by atoms with Gasteiger partial charge in [0.15, 0.2) is 0 Å². The Balaban J connectivity index is 2.46. The lowest BCUT2D eigenvalue weighted by Gasteiger charge is -2.38. The van der Waals surface area contributed by atoms with Gasteiger partial charge in [0.05, 0.1) is 0 Å². The van der Waals surface area contributed by atoms with E-state index < -0.39 is 0 Å². The van der Waals surface area contributed by atoms with E-state index in [1.165, 1.54) is 0 Å². The molecule has 5 heteroatoms. The number of hydrogen-bond donors (Lipinski definition) is 2. The van der Waals surface area contributed by atoms with Crippen molar-refractivity contribution >= 4 is 17.7 Å². The molecule has 0 bridgehead atoms. The highest BCUT2D eigenvalue weighted by Crippen LogP contribution is 2.24. The first-order valence-electron chi connectivity index (χ1n) is 5.42. The number of hydrazine groups is 1. The minimum Gasteiger partial charge on any atom is -0.298 e. The number of carbonyl (C=O) groups is 1. The Morgan fingerprint density at radius 2 is 2.33 bits per heavy atom. The van der Waals surface area contributed by atoms with Crippen LogP contribution in [0.25, 0.3) is 0 Å². The zero-order valence-corrected chi connectivity index (χ0v) is 10.5. The lowest BCUT2D eigenvalue weighted by Crippen LogP contribution is -2.49. The minimum atomic E-state index is -0.0759. The van der Waals surface area contributed by atoms with Gasteiger partial charge in [-0.05, 0) is 6.92 Å². The van der Waals surface area contributed by atoms with E-state index in [-0.39, 0.29) is 11.8 Å². The number of nitrogens with two attached hydrogens (primary N) is 1. The quantitative estimate of drug-likeness (QED) is 0.420. The van der Waals surface area contributed by atoms with Crippen LogP contribution in [0.3, 0.4) is 0 Å². The first kappa shape index (κ1) is 12.8. The molecule has 0 aliphatic carbocycles. The maximum atomic E-state index is 11.3. The molecule has 1 aliphatic rings. The van der Waals surface area contributed by atoms with Gasteiger partial charge in [-0.1, -0.05) is 13.8 Å². The third-order valence-electron chi connectivity index (χ3n) is 3.11. The van der Waals surface area contributed by atoms with Crippen LogP contribution >= 0.6 is 11.8 Å². The molecule has 1 amide bonds. The summed E-state index contributed by atoms with van der Waals surface area (Å²) in [5.74, 6) is 6.16. The van der Waals surface area contributed by atoms with Gasteiger partial charge in [-0.3, -0.25) is 15.1 Å². The van der Waals surface area contributed by atoms with Gasteiger partial charge in [-0.25, -0.2) is 5.84 Å². The molecule has 0 aromatic carbocycles. The van der Waals surface area contributed by atoms with Crippen molar-refractivity contribution in [2.45, 2.75) is 32.1 Å². The fraction of sp³-hybridized carbons (Fsp3) is 0.900. The number of thioether (sulfide) groups is 1. The van der Waals surface area contributed by atoms with Crippen molar-refractivity contribution in [2.75, 3.05) is 18.8 Å². The topological polar surface area (TPSA) is 58.4 Å². The van der Waals surface area contributed by atoms with Crippen molar-refractivity contribution in [2.24, 2.45) is 11.8 Å². The lowest BCUT2D eigenvalue weighted by molar-refractivity contribution is -0.125. The van der Waals surface area contributed by atoms with Gasteiger partial charge < -0.3 is 0 Å². The van der Waals surface area contributed by atoms with Gasteiger partial charge in [0.1, 0.15) is 0 Å². The average molecular weight is 231 g/mol. The zero-order valence-electron chi connectivity index (χ0n) is 9.69. The summed E-state index contributed by atoms with van der Waals surface area (Å²) in [6.07, 6.45) is 0. The summed E-state index contributed by atoms with van der Waals surface area (Å²) in [6, 6.07) is 0.539. The maximum Gasteiger partial charge on any atom is 0.237 e. The standard InChI is InChI=1S/C10H21N3OS/c1-7(10(14)12-11)6-13-4-5-15-9(3)8(13)2/h7-9H,4-6,11H2,1-3H3,(H,12,14). The number of hydrogen-bond acceptors (Lipinski definition) is 4. The molecule has 0 aromatic rings. The smallest absolute Gasteiger partial charge is 0.237 e. The van der Waals surface area contributed by atoms with Crippen molar-refractivity contribution in [1.29, 1.82) is 0 Å². The summed E-state index contributed by atoms with van der Waals surface area (Å²) in [7, 11) is 0. The molecular formula is C10H21N3OS. The summed E-state index contributed by atoms with van der Waals surface area (Å²) in [5, 5.41) is 0.645. The van der Waals surface area contributed by atoms with Crippen LogP contribution in [0.1, 0.15) is 20.8 Å². The number of nitrogens with one attached hydrogen (secondary N) is 1. The Labute approximate surface area is 95.9 Å². The molecule has 3 unspecified atom stereocenters. The highest BCUT2D eigenvalue weighted by atomic mass is 32.2. The second-order valence-electron chi connectivity index (χ2n) is 4.22. The zero-order chi connectivity index (χ0) is 11.4. The molecule has 1 aliphatic heterocycles. The Hall–Kier alpha value is -0.260. The summed E-state index contributed by atoms with van der Waals surface area (Å²) >= 11 is 2.00. The number of amides is 1. The van der Waals surface area contributed by atoms with E-state index >= 15 is 0 Å². The van der Waals surface area contributed by atoms with Gasteiger partial charge in [-0.2, -0.15) is 11.8 Å². The van der Waals surface area contributed by atoms with E-state index in [2.05, 4.69) is 24.2 Å². The van der Waals surface area contributed by atoms with E-state index in [4.69, 9.17) is 5.84 Å². The molecule has 1 rings (SSSR count). The first-order chi connectivity index (χ1) is 7.06. The molecule has 3 N–H and O–H groups in total. The molecule has 3 atom stereocenters. The molecule has 88 valence electrons. The van der Waals surface area contributed by atoms with E-state index in [0.29, 0.717) is 11.3 Å². The van der Waals surface area contributed by atoms with Gasteiger partial charge in [0, 0.05) is 36.1 Å². The predicted molar refractivity (Wildman–Crippen MR) is 64.4 cm³/mol. The van der Waals surface area contributed by atoms with E-state index in [9.17, 15) is 4.79 Å². The van der Waals surface area contributed by atoms with Gasteiger partial charge in [-0.15, -0.1) is 0 Å². The Kier molecular flexibility index (Phi) is 4.89. The molecule has 1 heterocycles. The Morgan fingerprint density at radius 3 is 2.93 bits per heavy atom. The van der Waals surface area contributed by atoms with Gasteiger partial charge >= 0.3 is 0 Å². The highest BCUT2D eigenvalue weighted by molar-refractivity contribution is 8.00. The SMILES string of the molecule is CC(CN1CCSC(C)C1C)C(=O)NN. The molecule has 1 fully saturated rings. The van der Waals surface area contributed by atoms with Crippen LogP contribution in [0.5, 0.6) is 0 Å². The lowest BCUT2D eigenvalue weighted by atomic mass is 10.1. The summed E-state index contributed by atoms with van der Waals surface area (Å²) in [4.78, 5) is 13.7.